The fourth-order valence-corrected chi connectivity index (χ4v) is 5.84. The second-order valence-corrected chi connectivity index (χ2v) is 10.8. The molecule has 2 aliphatic heterocycles. The summed E-state index contributed by atoms with van der Waals surface area (Å²) in [6.45, 7) is 8.87. The van der Waals surface area contributed by atoms with E-state index in [0.717, 1.165) is 18.4 Å². The van der Waals surface area contributed by atoms with Crippen LogP contribution in [0.15, 0.2) is 36.4 Å². The van der Waals surface area contributed by atoms with Crippen LogP contribution >= 0.6 is 0 Å². The molecule has 0 radical (unpaired) electrons. The molecule has 0 spiro atoms. The van der Waals surface area contributed by atoms with Crippen molar-refractivity contribution >= 4 is 28.5 Å². The number of aryl methyl sites for hydroxylation is 1. The van der Waals surface area contributed by atoms with E-state index in [1.54, 1.807) is 36.1 Å². The van der Waals surface area contributed by atoms with Crippen LogP contribution in [0.4, 0.5) is 4.39 Å². The van der Waals surface area contributed by atoms with Crippen molar-refractivity contribution in [1.29, 1.82) is 0 Å². The summed E-state index contributed by atoms with van der Waals surface area (Å²) < 4.78 is 18.9. The number of carbonyl (C=O) groups excluding carboxylic acids is 3. The highest BCUT2D eigenvalue weighted by molar-refractivity contribution is 6.45. The zero-order valence-electron chi connectivity index (χ0n) is 22.9. The fraction of sp³-hybridized carbons (Fsp3) is 0.433. The van der Waals surface area contributed by atoms with Gasteiger partial charge in [-0.15, -0.1) is 0 Å². The Bertz CT molecular complexity index is 1410. The maximum atomic E-state index is 13.9. The van der Waals surface area contributed by atoms with Crippen LogP contribution in [0.3, 0.4) is 0 Å². The standard InChI is InChI=1S/C30H35FN4O4/c1-18-16-35(19(2)15-34(18)17-21-7-9-22(31)10-8-21)29(37)24-13-23-25(14-26(24)39-4)32-20(3)27(23)28(36)30(38)33-11-5-6-12-33/h7-10,13-14,18-19,32H,5-6,11-12,15-17H2,1-4H3/t18-,19+/m0/s1. The minimum absolute atomic E-state index is 0.0784. The Morgan fingerprint density at radius 2 is 1.72 bits per heavy atom. The van der Waals surface area contributed by atoms with Gasteiger partial charge >= 0.3 is 0 Å². The lowest BCUT2D eigenvalue weighted by Crippen LogP contribution is -2.57. The first-order valence-electron chi connectivity index (χ1n) is 13.5. The van der Waals surface area contributed by atoms with E-state index in [-0.39, 0.29) is 23.8 Å². The number of H-pyrrole nitrogens is 1. The van der Waals surface area contributed by atoms with Gasteiger partial charge in [0.2, 0.25) is 0 Å². The van der Waals surface area contributed by atoms with E-state index in [0.29, 0.717) is 66.2 Å². The predicted octanol–water partition coefficient (Wildman–Crippen LogP) is 4.16. The summed E-state index contributed by atoms with van der Waals surface area (Å²) in [5.74, 6) is -1.09. The van der Waals surface area contributed by atoms with Crippen molar-refractivity contribution < 1.29 is 23.5 Å². The Morgan fingerprint density at radius 3 is 2.38 bits per heavy atom. The smallest absolute Gasteiger partial charge is 0.295 e. The van der Waals surface area contributed by atoms with Crippen molar-refractivity contribution in [2.45, 2.75) is 52.2 Å². The third-order valence-corrected chi connectivity index (χ3v) is 8.03. The van der Waals surface area contributed by atoms with Crippen LogP contribution in [0.25, 0.3) is 10.9 Å². The molecule has 1 aromatic heterocycles. The number of benzene rings is 2. The molecule has 2 aromatic carbocycles. The van der Waals surface area contributed by atoms with Gasteiger partial charge in [-0.3, -0.25) is 19.3 Å². The summed E-state index contributed by atoms with van der Waals surface area (Å²) in [6, 6.07) is 9.92. The van der Waals surface area contributed by atoms with E-state index in [9.17, 15) is 18.8 Å². The number of carbonyl (C=O) groups is 3. The molecule has 0 bridgehead atoms. The fourth-order valence-electron chi connectivity index (χ4n) is 5.84. The second kappa shape index (κ2) is 10.8. The number of rotatable bonds is 6. The summed E-state index contributed by atoms with van der Waals surface area (Å²) >= 11 is 0. The average Bonchev–Trinajstić information content (AvgIpc) is 3.57. The third-order valence-electron chi connectivity index (χ3n) is 8.03. The Kier molecular flexibility index (Phi) is 7.44. The molecule has 0 saturated carbocycles. The van der Waals surface area contributed by atoms with Gasteiger partial charge < -0.3 is 19.5 Å². The lowest BCUT2D eigenvalue weighted by molar-refractivity contribution is -0.125. The molecular weight excluding hydrogens is 499 g/mol. The van der Waals surface area contributed by atoms with E-state index in [4.69, 9.17) is 4.74 Å². The number of hydrogen-bond donors (Lipinski definition) is 1. The van der Waals surface area contributed by atoms with Gasteiger partial charge in [-0.05, 0) is 57.4 Å². The number of piperazine rings is 1. The summed E-state index contributed by atoms with van der Waals surface area (Å²) in [4.78, 5) is 49.1. The van der Waals surface area contributed by atoms with Gasteiger partial charge in [0.15, 0.2) is 0 Å². The molecule has 39 heavy (non-hydrogen) atoms. The molecule has 9 heteroatoms. The summed E-state index contributed by atoms with van der Waals surface area (Å²) in [5, 5.41) is 0.546. The number of nitrogens with zero attached hydrogens (tertiary/aromatic N) is 3. The number of Topliss-reactive ketones (excluding diaryl/α,β-unsaturated/α-hetero) is 1. The Labute approximate surface area is 227 Å². The molecule has 2 fully saturated rings. The number of ketones is 1. The first kappa shape index (κ1) is 26.9. The maximum Gasteiger partial charge on any atom is 0.295 e. The monoisotopic (exact) mass is 534 g/mol. The van der Waals surface area contributed by atoms with E-state index in [1.165, 1.54) is 19.2 Å². The maximum absolute atomic E-state index is 13.9. The molecule has 2 aliphatic rings. The largest absolute Gasteiger partial charge is 0.496 e. The van der Waals surface area contributed by atoms with Gasteiger partial charge in [0.1, 0.15) is 11.6 Å². The van der Waals surface area contributed by atoms with Gasteiger partial charge in [-0.1, -0.05) is 12.1 Å². The molecule has 5 rings (SSSR count). The topological polar surface area (TPSA) is 85.9 Å². The number of amides is 2. The third kappa shape index (κ3) is 5.15. The Morgan fingerprint density at radius 1 is 1.03 bits per heavy atom. The number of methoxy groups -OCH3 is 1. The van der Waals surface area contributed by atoms with Gasteiger partial charge in [0.25, 0.3) is 17.6 Å². The van der Waals surface area contributed by atoms with Crippen LogP contribution < -0.4 is 4.74 Å². The predicted molar refractivity (Wildman–Crippen MR) is 147 cm³/mol. The van der Waals surface area contributed by atoms with Crippen molar-refractivity contribution in [3.8, 4) is 5.75 Å². The highest BCUT2D eigenvalue weighted by Crippen LogP contribution is 2.32. The van der Waals surface area contributed by atoms with Gasteiger partial charge in [0, 0.05) is 62.0 Å². The number of fused-ring (bicyclic) bond motifs is 1. The lowest BCUT2D eigenvalue weighted by atomic mass is 10.0. The minimum Gasteiger partial charge on any atom is -0.496 e. The van der Waals surface area contributed by atoms with Gasteiger partial charge in [0.05, 0.1) is 23.8 Å². The second-order valence-electron chi connectivity index (χ2n) is 10.8. The number of aromatic nitrogens is 1. The first-order valence-corrected chi connectivity index (χ1v) is 13.5. The quantitative estimate of drug-likeness (QED) is 0.379. The van der Waals surface area contributed by atoms with Crippen LogP contribution in [-0.4, -0.2) is 82.7 Å². The molecule has 3 heterocycles. The molecule has 0 unspecified atom stereocenters. The summed E-state index contributed by atoms with van der Waals surface area (Å²) in [5.41, 5.74) is 2.92. The van der Waals surface area contributed by atoms with Crippen LogP contribution in [0, 0.1) is 12.7 Å². The van der Waals surface area contributed by atoms with Crippen molar-refractivity contribution in [2.75, 3.05) is 33.3 Å². The average molecular weight is 535 g/mol. The highest BCUT2D eigenvalue weighted by Gasteiger charge is 2.35. The normalized spacial score (nSPS) is 20.0. The molecular formula is C30H35FN4O4. The van der Waals surface area contributed by atoms with Crippen LogP contribution in [0.2, 0.25) is 0 Å². The van der Waals surface area contributed by atoms with Gasteiger partial charge in [-0.2, -0.15) is 0 Å². The molecule has 1 N–H and O–H groups in total. The van der Waals surface area contributed by atoms with Gasteiger partial charge in [-0.25, -0.2) is 4.39 Å². The molecule has 2 amide bonds. The van der Waals surface area contributed by atoms with Crippen LogP contribution in [0.1, 0.15) is 58.7 Å². The van der Waals surface area contributed by atoms with Crippen molar-refractivity contribution in [3.63, 3.8) is 0 Å². The SMILES string of the molecule is COc1cc2[nH]c(C)c(C(=O)C(=O)N3CCCC3)c2cc1C(=O)N1C[C@H](C)N(Cc2ccc(F)cc2)C[C@H]1C. The van der Waals surface area contributed by atoms with Crippen molar-refractivity contribution in [3.05, 3.63) is 64.6 Å². The Balaban J connectivity index is 1.42. The number of ether oxygens (including phenoxy) is 1. The lowest BCUT2D eigenvalue weighted by Gasteiger charge is -2.44. The summed E-state index contributed by atoms with van der Waals surface area (Å²) in [6.07, 6.45) is 1.80. The van der Waals surface area contributed by atoms with Crippen LogP contribution in [0.5, 0.6) is 5.75 Å². The highest BCUT2D eigenvalue weighted by atomic mass is 19.1. The molecule has 3 aromatic rings. The Hall–Kier alpha value is -3.72. The molecule has 206 valence electrons. The van der Waals surface area contributed by atoms with E-state index >= 15 is 0 Å². The zero-order valence-corrected chi connectivity index (χ0v) is 22.9. The molecule has 2 saturated heterocycles. The number of nitrogens with one attached hydrogen (secondary N) is 1. The number of halogens is 1. The first-order chi connectivity index (χ1) is 18.7. The molecule has 0 aliphatic carbocycles. The number of hydrogen-bond acceptors (Lipinski definition) is 5. The van der Waals surface area contributed by atoms with Crippen molar-refractivity contribution in [1.82, 2.24) is 19.7 Å². The van der Waals surface area contributed by atoms with Crippen molar-refractivity contribution in [2.24, 2.45) is 0 Å². The van der Waals surface area contributed by atoms with Crippen LogP contribution in [-0.2, 0) is 11.3 Å². The minimum atomic E-state index is -0.555. The molecule has 2 atom stereocenters. The number of aromatic amines is 1. The van der Waals surface area contributed by atoms with E-state index < -0.39 is 11.7 Å². The van der Waals surface area contributed by atoms with E-state index in [1.807, 2.05) is 11.8 Å². The number of likely N-dealkylation sites (tertiary alicyclic amines) is 1. The molecule has 8 nitrogen and oxygen atoms in total. The summed E-state index contributed by atoms with van der Waals surface area (Å²) in [7, 11) is 1.52. The van der Waals surface area contributed by atoms with E-state index in [2.05, 4.69) is 16.8 Å². The zero-order chi connectivity index (χ0) is 27.8.